The van der Waals surface area contributed by atoms with Gasteiger partial charge in [0.25, 0.3) is 5.91 Å². The highest BCUT2D eigenvalue weighted by Gasteiger charge is 2.45. The molecule has 0 aromatic heterocycles. The lowest BCUT2D eigenvalue weighted by atomic mass is 9.72. The van der Waals surface area contributed by atoms with Crippen molar-refractivity contribution >= 4 is 35.0 Å². The SMILES string of the molecule is N#Cc1ccc(C(=O)N2CO[C@](CCN3CCC(C(N)=O)(c4ccccc4)CC3)(c3ccc(Cl)c(Cl)c3)C2)cc1. The van der Waals surface area contributed by atoms with Crippen molar-refractivity contribution in [2.75, 3.05) is 32.9 Å². The summed E-state index contributed by atoms with van der Waals surface area (Å²) in [6.45, 7) is 2.58. The van der Waals surface area contributed by atoms with E-state index in [-0.39, 0.29) is 18.5 Å². The van der Waals surface area contributed by atoms with Gasteiger partial charge in [0.05, 0.1) is 33.6 Å². The quantitative estimate of drug-likeness (QED) is 0.421. The van der Waals surface area contributed by atoms with Crippen LogP contribution in [-0.2, 0) is 20.5 Å². The maximum atomic E-state index is 13.3. The first kappa shape index (κ1) is 28.1. The monoisotopic (exact) mass is 576 g/mol. The van der Waals surface area contributed by atoms with Crippen LogP contribution < -0.4 is 5.73 Å². The van der Waals surface area contributed by atoms with E-state index in [0.29, 0.717) is 66.6 Å². The van der Waals surface area contributed by atoms with Gasteiger partial charge in [-0.15, -0.1) is 0 Å². The van der Waals surface area contributed by atoms with Crippen LogP contribution in [0.15, 0.2) is 72.8 Å². The number of nitrogens with two attached hydrogens (primary N) is 1. The second kappa shape index (κ2) is 11.6. The molecule has 2 heterocycles. The Labute approximate surface area is 244 Å². The molecule has 0 spiro atoms. The first-order valence-electron chi connectivity index (χ1n) is 13.2. The zero-order valence-corrected chi connectivity index (χ0v) is 23.5. The summed E-state index contributed by atoms with van der Waals surface area (Å²) < 4.78 is 6.41. The minimum atomic E-state index is -0.784. The predicted octanol–water partition coefficient (Wildman–Crippen LogP) is 5.10. The van der Waals surface area contributed by atoms with Gasteiger partial charge in [-0.05, 0) is 79.9 Å². The lowest BCUT2D eigenvalue weighted by molar-refractivity contribution is -0.125. The molecule has 2 amide bonds. The Kier molecular flexibility index (Phi) is 8.16. The molecule has 2 aliphatic heterocycles. The Bertz CT molecular complexity index is 1430. The molecule has 1 atom stereocenters. The van der Waals surface area contributed by atoms with Gasteiger partial charge in [-0.1, -0.05) is 59.6 Å². The van der Waals surface area contributed by atoms with E-state index < -0.39 is 11.0 Å². The van der Waals surface area contributed by atoms with Crippen LogP contribution in [0, 0.1) is 11.3 Å². The Morgan fingerprint density at radius 3 is 2.27 bits per heavy atom. The van der Waals surface area contributed by atoms with E-state index in [1.165, 1.54) is 0 Å². The van der Waals surface area contributed by atoms with E-state index in [9.17, 15) is 9.59 Å². The van der Waals surface area contributed by atoms with Crippen LogP contribution >= 0.6 is 23.2 Å². The van der Waals surface area contributed by atoms with Gasteiger partial charge in [0.15, 0.2) is 0 Å². The summed E-state index contributed by atoms with van der Waals surface area (Å²) in [4.78, 5) is 29.9. The minimum absolute atomic E-state index is 0.123. The zero-order chi connectivity index (χ0) is 28.3. The lowest BCUT2D eigenvalue weighted by Gasteiger charge is -2.41. The maximum Gasteiger partial charge on any atom is 0.255 e. The fourth-order valence-electron chi connectivity index (χ4n) is 5.78. The van der Waals surface area contributed by atoms with Crippen LogP contribution in [0.5, 0.6) is 0 Å². The second-order valence-electron chi connectivity index (χ2n) is 10.5. The Balaban J connectivity index is 1.33. The molecule has 9 heteroatoms. The Morgan fingerprint density at radius 1 is 0.950 bits per heavy atom. The van der Waals surface area contributed by atoms with Crippen LogP contribution in [0.1, 0.15) is 46.3 Å². The molecule has 3 aromatic carbocycles. The predicted molar refractivity (Wildman–Crippen MR) is 154 cm³/mol. The van der Waals surface area contributed by atoms with Crippen LogP contribution in [0.4, 0.5) is 0 Å². The standard InChI is InChI=1S/C31H30Cl2N4O3/c32-26-11-10-25(18-27(26)33)31(20-37(21-40-31)28(38)23-8-6-22(19-34)7-9-23)14-17-36-15-12-30(13-16-36,29(35)39)24-4-2-1-3-5-24/h1-11,18H,12-17,20-21H2,(H2,35,39)/t31-/m0/s1. The molecular weight excluding hydrogens is 547 g/mol. The Hall–Kier alpha value is -3.41. The molecule has 0 radical (unpaired) electrons. The van der Waals surface area contributed by atoms with Crippen LogP contribution in [-0.4, -0.2) is 54.5 Å². The van der Waals surface area contributed by atoms with Gasteiger partial charge in [-0.25, -0.2) is 0 Å². The van der Waals surface area contributed by atoms with Crippen LogP contribution in [0.2, 0.25) is 10.0 Å². The number of hydrogen-bond acceptors (Lipinski definition) is 5. The molecule has 2 fully saturated rings. The second-order valence-corrected chi connectivity index (χ2v) is 11.3. The molecule has 0 saturated carbocycles. The molecule has 2 saturated heterocycles. The van der Waals surface area contributed by atoms with E-state index in [1.54, 1.807) is 35.2 Å². The number of primary amides is 1. The van der Waals surface area contributed by atoms with Crippen molar-refractivity contribution in [3.05, 3.63) is 105 Å². The number of ether oxygens (including phenoxy) is 1. The van der Waals surface area contributed by atoms with Crippen molar-refractivity contribution in [3.63, 3.8) is 0 Å². The van der Waals surface area contributed by atoms with Crippen molar-refractivity contribution < 1.29 is 14.3 Å². The van der Waals surface area contributed by atoms with Gasteiger partial charge in [0.1, 0.15) is 12.3 Å². The summed E-state index contributed by atoms with van der Waals surface area (Å²) in [7, 11) is 0. The average Bonchev–Trinajstić information content (AvgIpc) is 3.43. The highest BCUT2D eigenvalue weighted by Crippen LogP contribution is 2.40. The number of nitrogens with zero attached hydrogens (tertiary/aromatic N) is 3. The number of halogens is 2. The number of piperidine rings is 1. The lowest BCUT2D eigenvalue weighted by Crippen LogP contribution is -2.50. The normalized spacial score (nSPS) is 20.7. The summed E-state index contributed by atoms with van der Waals surface area (Å²) in [6.07, 6.45) is 1.88. The van der Waals surface area contributed by atoms with Gasteiger partial charge >= 0.3 is 0 Å². The maximum absolute atomic E-state index is 13.3. The molecule has 206 valence electrons. The molecule has 5 rings (SSSR count). The topological polar surface area (TPSA) is 99.7 Å². The minimum Gasteiger partial charge on any atom is -0.369 e. The number of carbonyl (C=O) groups is 2. The number of amides is 2. The third-order valence-corrected chi connectivity index (χ3v) is 9.02. The first-order chi connectivity index (χ1) is 19.3. The van der Waals surface area contributed by atoms with Crippen LogP contribution in [0.25, 0.3) is 0 Å². The summed E-state index contributed by atoms with van der Waals surface area (Å²) in [5.74, 6) is -0.458. The highest BCUT2D eigenvalue weighted by molar-refractivity contribution is 6.42. The number of rotatable bonds is 7. The fourth-order valence-corrected chi connectivity index (χ4v) is 6.08. The molecule has 0 unspecified atom stereocenters. The van der Waals surface area contributed by atoms with E-state index in [2.05, 4.69) is 11.0 Å². The van der Waals surface area contributed by atoms with E-state index in [1.807, 2.05) is 42.5 Å². The summed E-state index contributed by atoms with van der Waals surface area (Å²) >= 11 is 12.6. The number of likely N-dealkylation sites (tertiary alicyclic amines) is 1. The summed E-state index contributed by atoms with van der Waals surface area (Å²) in [5.41, 5.74) is 7.28. The zero-order valence-electron chi connectivity index (χ0n) is 22.0. The molecule has 2 N–H and O–H groups in total. The first-order valence-corrected chi connectivity index (χ1v) is 14.0. The molecule has 40 heavy (non-hydrogen) atoms. The smallest absolute Gasteiger partial charge is 0.255 e. The molecule has 0 aliphatic carbocycles. The van der Waals surface area contributed by atoms with Gasteiger partial charge in [-0.2, -0.15) is 5.26 Å². The summed E-state index contributed by atoms with van der Waals surface area (Å²) in [6, 6.07) is 23.9. The molecule has 2 aliphatic rings. The highest BCUT2D eigenvalue weighted by atomic mass is 35.5. The molecular formula is C31H30Cl2N4O3. The Morgan fingerprint density at radius 2 is 1.65 bits per heavy atom. The van der Waals surface area contributed by atoms with Crippen molar-refractivity contribution in [2.45, 2.75) is 30.3 Å². The largest absolute Gasteiger partial charge is 0.369 e. The average molecular weight is 578 g/mol. The van der Waals surface area contributed by atoms with Gasteiger partial charge in [-0.3, -0.25) is 9.59 Å². The van der Waals surface area contributed by atoms with Gasteiger partial charge in [0.2, 0.25) is 5.91 Å². The number of hydrogen-bond donors (Lipinski definition) is 1. The van der Waals surface area contributed by atoms with Crippen molar-refractivity contribution in [1.82, 2.24) is 9.80 Å². The third kappa shape index (κ3) is 5.45. The van der Waals surface area contributed by atoms with Gasteiger partial charge in [0, 0.05) is 12.1 Å². The van der Waals surface area contributed by atoms with Gasteiger partial charge < -0.3 is 20.3 Å². The van der Waals surface area contributed by atoms with E-state index >= 15 is 0 Å². The summed E-state index contributed by atoms with van der Waals surface area (Å²) in [5, 5.41) is 9.95. The molecule has 3 aromatic rings. The van der Waals surface area contributed by atoms with Crippen molar-refractivity contribution in [1.29, 1.82) is 5.26 Å². The number of benzene rings is 3. The molecule has 0 bridgehead atoms. The van der Waals surface area contributed by atoms with Crippen LogP contribution in [0.3, 0.4) is 0 Å². The number of nitriles is 1. The van der Waals surface area contributed by atoms with E-state index in [0.717, 1.165) is 11.1 Å². The van der Waals surface area contributed by atoms with Crippen molar-refractivity contribution in [2.24, 2.45) is 5.73 Å². The fraction of sp³-hybridized carbons (Fsp3) is 0.323. The number of carbonyl (C=O) groups excluding carboxylic acids is 2. The molecule has 7 nitrogen and oxygen atoms in total. The van der Waals surface area contributed by atoms with E-state index in [4.69, 9.17) is 38.9 Å². The van der Waals surface area contributed by atoms with Crippen molar-refractivity contribution in [3.8, 4) is 6.07 Å². The third-order valence-electron chi connectivity index (χ3n) is 8.28.